The maximum atomic E-state index is 10.6. The van der Waals surface area contributed by atoms with Gasteiger partial charge in [-0.1, -0.05) is 56.5 Å². The van der Waals surface area contributed by atoms with Crippen LogP contribution in [0.25, 0.3) is 0 Å². The van der Waals surface area contributed by atoms with E-state index in [1.807, 2.05) is 18.2 Å². The van der Waals surface area contributed by atoms with Crippen LogP contribution in [0.15, 0.2) is 30.3 Å². The second-order valence-corrected chi connectivity index (χ2v) is 6.18. The summed E-state index contributed by atoms with van der Waals surface area (Å²) in [5, 5.41) is 20.2. The SMILES string of the molecule is CCC1CCCC(C#N)(C(O)CCc2ccccc2)C1. The predicted octanol–water partition coefficient (Wildman–Crippen LogP) is 4.09. The van der Waals surface area contributed by atoms with Crippen molar-refractivity contribution in [2.45, 2.75) is 58.0 Å². The van der Waals surface area contributed by atoms with Gasteiger partial charge in [0, 0.05) is 0 Å². The number of nitriles is 1. The molecule has 108 valence electrons. The molecule has 0 saturated heterocycles. The molecule has 2 nitrogen and oxygen atoms in total. The van der Waals surface area contributed by atoms with Gasteiger partial charge in [0.25, 0.3) is 0 Å². The number of hydrogen-bond donors (Lipinski definition) is 1. The minimum absolute atomic E-state index is 0.498. The van der Waals surface area contributed by atoms with E-state index in [-0.39, 0.29) is 0 Å². The molecule has 2 heteroatoms. The summed E-state index contributed by atoms with van der Waals surface area (Å²) in [7, 11) is 0. The molecule has 1 aliphatic rings. The lowest BCUT2D eigenvalue weighted by molar-refractivity contribution is 0.0147. The number of benzene rings is 1. The Morgan fingerprint density at radius 1 is 1.40 bits per heavy atom. The highest BCUT2D eigenvalue weighted by Gasteiger charge is 2.41. The Labute approximate surface area is 122 Å². The fraction of sp³-hybridized carbons (Fsp3) is 0.611. The van der Waals surface area contributed by atoms with Crippen molar-refractivity contribution in [1.82, 2.24) is 0 Å². The number of hydrogen-bond acceptors (Lipinski definition) is 2. The number of rotatable bonds is 5. The third kappa shape index (κ3) is 3.41. The van der Waals surface area contributed by atoms with E-state index in [9.17, 15) is 10.4 Å². The molecule has 0 heterocycles. The Morgan fingerprint density at radius 3 is 2.80 bits per heavy atom. The molecule has 0 bridgehead atoms. The lowest BCUT2D eigenvalue weighted by Gasteiger charge is -2.39. The van der Waals surface area contributed by atoms with Crippen molar-refractivity contribution in [3.63, 3.8) is 0 Å². The van der Waals surface area contributed by atoms with Crippen LogP contribution in [-0.4, -0.2) is 11.2 Å². The molecule has 1 aliphatic carbocycles. The molecule has 20 heavy (non-hydrogen) atoms. The molecule has 0 amide bonds. The molecule has 0 radical (unpaired) electrons. The first-order valence-electron chi connectivity index (χ1n) is 7.83. The van der Waals surface area contributed by atoms with Crippen molar-refractivity contribution in [2.75, 3.05) is 0 Å². The standard InChI is InChI=1S/C18H25NO/c1-2-15-9-6-12-18(13-15,14-19)17(20)11-10-16-7-4-3-5-8-16/h3-5,7-8,15,17,20H,2,6,9-13H2,1H3. The second-order valence-electron chi connectivity index (χ2n) is 6.18. The Balaban J connectivity index is 1.98. The molecule has 3 unspecified atom stereocenters. The highest BCUT2D eigenvalue weighted by Crippen LogP contribution is 2.43. The van der Waals surface area contributed by atoms with E-state index < -0.39 is 11.5 Å². The van der Waals surface area contributed by atoms with Crippen LogP contribution in [-0.2, 0) is 6.42 Å². The van der Waals surface area contributed by atoms with Gasteiger partial charge < -0.3 is 5.11 Å². The number of aliphatic hydroxyl groups is 1. The maximum Gasteiger partial charge on any atom is 0.0835 e. The van der Waals surface area contributed by atoms with Gasteiger partial charge in [0.2, 0.25) is 0 Å². The Kier molecular flexibility index (Phi) is 5.20. The van der Waals surface area contributed by atoms with E-state index in [4.69, 9.17) is 0 Å². The first-order valence-corrected chi connectivity index (χ1v) is 7.83. The zero-order valence-corrected chi connectivity index (χ0v) is 12.4. The zero-order valence-electron chi connectivity index (χ0n) is 12.4. The third-order valence-corrected chi connectivity index (χ3v) is 4.88. The van der Waals surface area contributed by atoms with Crippen LogP contribution in [0.4, 0.5) is 0 Å². The average Bonchev–Trinajstić information content (AvgIpc) is 2.53. The quantitative estimate of drug-likeness (QED) is 0.876. The van der Waals surface area contributed by atoms with Gasteiger partial charge in [0.15, 0.2) is 0 Å². The van der Waals surface area contributed by atoms with Crippen LogP contribution >= 0.6 is 0 Å². The summed E-state index contributed by atoms with van der Waals surface area (Å²) in [4.78, 5) is 0. The zero-order chi connectivity index (χ0) is 14.4. The monoisotopic (exact) mass is 271 g/mol. The summed E-state index contributed by atoms with van der Waals surface area (Å²) in [5.41, 5.74) is 0.732. The molecule has 1 aromatic carbocycles. The smallest absolute Gasteiger partial charge is 0.0835 e. The van der Waals surface area contributed by atoms with Gasteiger partial charge in [-0.15, -0.1) is 0 Å². The van der Waals surface area contributed by atoms with E-state index in [0.29, 0.717) is 12.3 Å². The first kappa shape index (κ1) is 15.1. The largest absolute Gasteiger partial charge is 0.391 e. The molecule has 1 N–H and O–H groups in total. The second kappa shape index (κ2) is 6.90. The molecular weight excluding hydrogens is 246 g/mol. The molecular formula is C18H25NO. The summed E-state index contributed by atoms with van der Waals surface area (Å²) in [5.74, 6) is 0.606. The Bertz CT molecular complexity index is 450. The third-order valence-electron chi connectivity index (χ3n) is 4.88. The highest BCUT2D eigenvalue weighted by atomic mass is 16.3. The summed E-state index contributed by atoms with van der Waals surface area (Å²) in [6, 6.07) is 12.7. The molecule has 0 spiro atoms. The van der Waals surface area contributed by atoms with Crippen LogP contribution in [0.2, 0.25) is 0 Å². The predicted molar refractivity (Wildman–Crippen MR) is 81.1 cm³/mol. The molecule has 1 saturated carbocycles. The fourth-order valence-corrected chi connectivity index (χ4v) is 3.48. The van der Waals surface area contributed by atoms with Gasteiger partial charge in [0.1, 0.15) is 0 Å². The van der Waals surface area contributed by atoms with E-state index in [0.717, 1.165) is 32.1 Å². The molecule has 3 atom stereocenters. The molecule has 0 aliphatic heterocycles. The Morgan fingerprint density at radius 2 is 2.15 bits per heavy atom. The molecule has 1 aromatic rings. The lowest BCUT2D eigenvalue weighted by Crippen LogP contribution is -2.38. The van der Waals surface area contributed by atoms with Crippen molar-refractivity contribution >= 4 is 0 Å². The van der Waals surface area contributed by atoms with Crippen molar-refractivity contribution in [3.05, 3.63) is 35.9 Å². The minimum Gasteiger partial charge on any atom is -0.391 e. The summed E-state index contributed by atoms with van der Waals surface area (Å²) >= 11 is 0. The van der Waals surface area contributed by atoms with Crippen molar-refractivity contribution in [3.8, 4) is 6.07 Å². The van der Waals surface area contributed by atoms with Crippen molar-refractivity contribution in [1.29, 1.82) is 5.26 Å². The Hall–Kier alpha value is -1.33. The topological polar surface area (TPSA) is 44.0 Å². The van der Waals surface area contributed by atoms with Gasteiger partial charge in [0.05, 0.1) is 17.6 Å². The fourth-order valence-electron chi connectivity index (χ4n) is 3.48. The summed E-state index contributed by atoms with van der Waals surface area (Å²) in [6.07, 6.45) is 6.18. The lowest BCUT2D eigenvalue weighted by atomic mass is 9.66. The first-order chi connectivity index (χ1) is 9.70. The molecule has 1 fully saturated rings. The minimum atomic E-state index is -0.506. The van der Waals surface area contributed by atoms with Crippen LogP contribution in [0, 0.1) is 22.7 Å². The van der Waals surface area contributed by atoms with E-state index in [1.165, 1.54) is 12.0 Å². The van der Waals surface area contributed by atoms with Gasteiger partial charge in [-0.05, 0) is 37.2 Å². The van der Waals surface area contributed by atoms with Crippen molar-refractivity contribution < 1.29 is 5.11 Å². The van der Waals surface area contributed by atoms with Crippen LogP contribution < -0.4 is 0 Å². The van der Waals surface area contributed by atoms with Crippen LogP contribution in [0.5, 0.6) is 0 Å². The van der Waals surface area contributed by atoms with Gasteiger partial charge in [-0.3, -0.25) is 0 Å². The van der Waals surface area contributed by atoms with Gasteiger partial charge in [-0.2, -0.15) is 5.26 Å². The van der Waals surface area contributed by atoms with Crippen molar-refractivity contribution in [2.24, 2.45) is 11.3 Å². The van der Waals surface area contributed by atoms with E-state index in [1.54, 1.807) is 0 Å². The van der Waals surface area contributed by atoms with Gasteiger partial charge in [-0.25, -0.2) is 0 Å². The molecule has 2 rings (SSSR count). The van der Waals surface area contributed by atoms with E-state index in [2.05, 4.69) is 25.1 Å². The van der Waals surface area contributed by atoms with E-state index >= 15 is 0 Å². The summed E-state index contributed by atoms with van der Waals surface area (Å²) in [6.45, 7) is 2.19. The number of aryl methyl sites for hydroxylation is 1. The van der Waals surface area contributed by atoms with Crippen LogP contribution in [0.3, 0.4) is 0 Å². The highest BCUT2D eigenvalue weighted by molar-refractivity contribution is 5.15. The van der Waals surface area contributed by atoms with Gasteiger partial charge >= 0.3 is 0 Å². The normalized spacial score (nSPS) is 27.8. The molecule has 0 aromatic heterocycles. The number of nitrogens with zero attached hydrogens (tertiary/aromatic N) is 1. The number of aliphatic hydroxyl groups excluding tert-OH is 1. The average molecular weight is 271 g/mol. The maximum absolute atomic E-state index is 10.6. The summed E-state index contributed by atoms with van der Waals surface area (Å²) < 4.78 is 0. The van der Waals surface area contributed by atoms with Crippen LogP contribution in [0.1, 0.15) is 51.0 Å².